The topological polar surface area (TPSA) is 85.8 Å². The summed E-state index contributed by atoms with van der Waals surface area (Å²) in [5.74, 6) is 1.63. The molecule has 3 heterocycles. The zero-order chi connectivity index (χ0) is 21.1. The van der Waals surface area contributed by atoms with Crippen LogP contribution in [0, 0.1) is 13.8 Å². The van der Waals surface area contributed by atoms with E-state index in [1.165, 1.54) is 28.7 Å². The molecule has 3 aromatic heterocycles. The zero-order valence-electron chi connectivity index (χ0n) is 16.9. The van der Waals surface area contributed by atoms with Crippen molar-refractivity contribution >= 4 is 34.1 Å². The SMILES string of the molecule is CCn1c(SCC(=O)Nc2nc(-c3ccc(C)cc3)cs2)nnc1-c1ccoc1C. The Labute approximate surface area is 182 Å². The highest BCUT2D eigenvalue weighted by atomic mass is 32.2. The minimum atomic E-state index is -0.128. The number of carbonyl (C=O) groups is 1. The quantitative estimate of drug-likeness (QED) is 0.407. The van der Waals surface area contributed by atoms with Gasteiger partial charge in [-0.3, -0.25) is 4.79 Å². The molecule has 0 spiro atoms. The second-order valence-electron chi connectivity index (χ2n) is 6.68. The van der Waals surface area contributed by atoms with Crippen molar-refractivity contribution in [2.24, 2.45) is 0 Å². The van der Waals surface area contributed by atoms with Crippen LogP contribution in [0.15, 0.2) is 51.5 Å². The number of thioether (sulfide) groups is 1. The number of thiazole rings is 1. The van der Waals surface area contributed by atoms with Crippen LogP contribution in [-0.2, 0) is 11.3 Å². The Balaban J connectivity index is 1.39. The lowest BCUT2D eigenvalue weighted by atomic mass is 10.1. The Morgan fingerprint density at radius 1 is 1.20 bits per heavy atom. The van der Waals surface area contributed by atoms with Crippen LogP contribution in [0.4, 0.5) is 5.13 Å². The molecule has 4 aromatic rings. The van der Waals surface area contributed by atoms with Gasteiger partial charge in [0.1, 0.15) is 5.76 Å². The third-order valence-electron chi connectivity index (χ3n) is 4.56. The summed E-state index contributed by atoms with van der Waals surface area (Å²) in [6, 6.07) is 10.0. The molecule has 1 N–H and O–H groups in total. The number of hydrogen-bond donors (Lipinski definition) is 1. The molecule has 0 atom stereocenters. The first-order chi connectivity index (χ1) is 14.5. The lowest BCUT2D eigenvalue weighted by Crippen LogP contribution is -2.14. The van der Waals surface area contributed by atoms with Crippen molar-refractivity contribution in [2.45, 2.75) is 32.5 Å². The molecule has 0 saturated carbocycles. The molecule has 1 amide bonds. The number of benzene rings is 1. The van der Waals surface area contributed by atoms with Gasteiger partial charge in [0.2, 0.25) is 5.91 Å². The Hall–Kier alpha value is -2.91. The second-order valence-corrected chi connectivity index (χ2v) is 8.48. The van der Waals surface area contributed by atoms with Gasteiger partial charge in [-0.25, -0.2) is 4.98 Å². The number of carbonyl (C=O) groups excluding carboxylic acids is 1. The van der Waals surface area contributed by atoms with Crippen LogP contribution in [0.5, 0.6) is 0 Å². The summed E-state index contributed by atoms with van der Waals surface area (Å²) in [5.41, 5.74) is 4.00. The number of anilines is 1. The van der Waals surface area contributed by atoms with Gasteiger partial charge in [-0.05, 0) is 26.8 Å². The van der Waals surface area contributed by atoms with Crippen LogP contribution in [0.3, 0.4) is 0 Å². The highest BCUT2D eigenvalue weighted by Gasteiger charge is 2.17. The lowest BCUT2D eigenvalue weighted by molar-refractivity contribution is -0.113. The number of nitrogens with one attached hydrogen (secondary N) is 1. The highest BCUT2D eigenvalue weighted by molar-refractivity contribution is 7.99. The molecule has 9 heteroatoms. The van der Waals surface area contributed by atoms with E-state index in [0.29, 0.717) is 16.8 Å². The normalized spacial score (nSPS) is 11.0. The minimum absolute atomic E-state index is 0.128. The fourth-order valence-electron chi connectivity index (χ4n) is 2.97. The first-order valence-corrected chi connectivity index (χ1v) is 11.3. The molecule has 0 unspecified atom stereocenters. The number of furan rings is 1. The van der Waals surface area contributed by atoms with Crippen LogP contribution in [0.2, 0.25) is 0 Å². The summed E-state index contributed by atoms with van der Waals surface area (Å²) in [4.78, 5) is 16.9. The minimum Gasteiger partial charge on any atom is -0.469 e. The van der Waals surface area contributed by atoms with E-state index in [0.717, 1.165) is 28.4 Å². The van der Waals surface area contributed by atoms with Crippen molar-refractivity contribution < 1.29 is 9.21 Å². The van der Waals surface area contributed by atoms with Gasteiger partial charge in [-0.2, -0.15) is 0 Å². The predicted octanol–water partition coefficient (Wildman–Crippen LogP) is 5.03. The van der Waals surface area contributed by atoms with Crippen LogP contribution in [0.25, 0.3) is 22.6 Å². The van der Waals surface area contributed by atoms with E-state index < -0.39 is 0 Å². The molecule has 1 aromatic carbocycles. The molecule has 0 fully saturated rings. The largest absolute Gasteiger partial charge is 0.469 e. The Kier molecular flexibility index (Phi) is 6.01. The van der Waals surface area contributed by atoms with E-state index in [4.69, 9.17) is 4.42 Å². The molecule has 4 rings (SSSR count). The van der Waals surface area contributed by atoms with E-state index in [2.05, 4.69) is 20.5 Å². The van der Waals surface area contributed by atoms with Crippen molar-refractivity contribution in [3.63, 3.8) is 0 Å². The number of aryl methyl sites for hydroxylation is 2. The van der Waals surface area contributed by atoms with E-state index >= 15 is 0 Å². The average molecular weight is 440 g/mol. The Morgan fingerprint density at radius 3 is 2.70 bits per heavy atom. The van der Waals surface area contributed by atoms with E-state index in [1.807, 2.05) is 61.1 Å². The van der Waals surface area contributed by atoms with Gasteiger partial charge in [0, 0.05) is 17.5 Å². The Bertz CT molecular complexity index is 1160. The van der Waals surface area contributed by atoms with Gasteiger partial charge in [0.15, 0.2) is 16.1 Å². The average Bonchev–Trinajstić information content (AvgIpc) is 3.46. The summed E-state index contributed by atoms with van der Waals surface area (Å²) in [6.07, 6.45) is 1.64. The van der Waals surface area contributed by atoms with Gasteiger partial charge >= 0.3 is 0 Å². The number of nitrogens with zero attached hydrogens (tertiary/aromatic N) is 4. The summed E-state index contributed by atoms with van der Waals surface area (Å²) >= 11 is 2.77. The highest BCUT2D eigenvalue weighted by Crippen LogP contribution is 2.28. The van der Waals surface area contributed by atoms with E-state index in [9.17, 15) is 4.79 Å². The van der Waals surface area contributed by atoms with Gasteiger partial charge < -0.3 is 14.3 Å². The van der Waals surface area contributed by atoms with Gasteiger partial charge in [0.05, 0.1) is 23.3 Å². The van der Waals surface area contributed by atoms with Gasteiger partial charge in [0.25, 0.3) is 0 Å². The molecule has 0 aliphatic rings. The molecule has 0 saturated heterocycles. The molecule has 30 heavy (non-hydrogen) atoms. The summed E-state index contributed by atoms with van der Waals surface area (Å²) in [5, 5.41) is 14.6. The lowest BCUT2D eigenvalue weighted by Gasteiger charge is -2.06. The maximum atomic E-state index is 12.4. The monoisotopic (exact) mass is 439 g/mol. The standard InChI is InChI=1S/C21H21N5O2S2/c1-4-26-19(16-9-10-28-14(16)3)24-25-21(26)30-12-18(27)23-20-22-17(11-29-20)15-7-5-13(2)6-8-15/h5-11H,4,12H2,1-3H3,(H,22,23,27). The second kappa shape index (κ2) is 8.85. The summed E-state index contributed by atoms with van der Waals surface area (Å²) in [6.45, 7) is 6.66. The van der Waals surface area contributed by atoms with Gasteiger partial charge in [-0.15, -0.1) is 21.5 Å². The number of aromatic nitrogens is 4. The predicted molar refractivity (Wildman–Crippen MR) is 120 cm³/mol. The van der Waals surface area contributed by atoms with Gasteiger partial charge in [-0.1, -0.05) is 41.6 Å². The molecule has 7 nitrogen and oxygen atoms in total. The van der Waals surface area contributed by atoms with Crippen molar-refractivity contribution in [1.82, 2.24) is 19.7 Å². The maximum Gasteiger partial charge on any atom is 0.236 e. The van der Waals surface area contributed by atoms with Crippen molar-refractivity contribution in [3.05, 3.63) is 53.3 Å². The molecule has 0 bridgehead atoms. The molecule has 0 aliphatic heterocycles. The molecule has 0 radical (unpaired) electrons. The van der Waals surface area contributed by atoms with Crippen LogP contribution >= 0.6 is 23.1 Å². The van der Waals surface area contributed by atoms with Crippen LogP contribution in [-0.4, -0.2) is 31.4 Å². The van der Waals surface area contributed by atoms with Crippen molar-refractivity contribution in [2.75, 3.05) is 11.1 Å². The fourth-order valence-corrected chi connectivity index (χ4v) is 4.51. The molecule has 154 valence electrons. The molecule has 0 aliphatic carbocycles. The van der Waals surface area contributed by atoms with Crippen LogP contribution in [0.1, 0.15) is 18.2 Å². The fraction of sp³-hybridized carbons (Fsp3) is 0.238. The number of hydrogen-bond acceptors (Lipinski definition) is 7. The number of rotatable bonds is 7. The third kappa shape index (κ3) is 4.31. The maximum absolute atomic E-state index is 12.4. The Morgan fingerprint density at radius 2 is 2.00 bits per heavy atom. The van der Waals surface area contributed by atoms with Crippen molar-refractivity contribution in [3.8, 4) is 22.6 Å². The van der Waals surface area contributed by atoms with E-state index in [1.54, 1.807) is 6.26 Å². The van der Waals surface area contributed by atoms with E-state index in [-0.39, 0.29) is 11.7 Å². The zero-order valence-corrected chi connectivity index (χ0v) is 18.5. The first-order valence-electron chi connectivity index (χ1n) is 9.48. The molecular weight excluding hydrogens is 418 g/mol. The van der Waals surface area contributed by atoms with Crippen LogP contribution < -0.4 is 5.32 Å². The summed E-state index contributed by atoms with van der Waals surface area (Å²) < 4.78 is 7.35. The van der Waals surface area contributed by atoms with Crippen molar-refractivity contribution in [1.29, 1.82) is 0 Å². The number of amides is 1. The molecular formula is C21H21N5O2S2. The summed E-state index contributed by atoms with van der Waals surface area (Å²) in [7, 11) is 0. The first kappa shape index (κ1) is 20.4. The smallest absolute Gasteiger partial charge is 0.236 e. The third-order valence-corrected chi connectivity index (χ3v) is 6.29.